The van der Waals surface area contributed by atoms with Gasteiger partial charge in [0.2, 0.25) is 0 Å². The van der Waals surface area contributed by atoms with Gasteiger partial charge in [-0.2, -0.15) is 0 Å². The summed E-state index contributed by atoms with van der Waals surface area (Å²) in [5.74, 6) is 1.20. The van der Waals surface area contributed by atoms with Gasteiger partial charge in [0.05, 0.1) is 24.3 Å². The van der Waals surface area contributed by atoms with Gasteiger partial charge in [0.25, 0.3) is 0 Å². The number of halogens is 1. The number of benzene rings is 1. The first-order valence-electron chi connectivity index (χ1n) is 5.91. The van der Waals surface area contributed by atoms with Crippen LogP contribution < -0.4 is 9.47 Å². The lowest BCUT2D eigenvalue weighted by Gasteiger charge is -2.17. The average molecular weight is 259 g/mol. The minimum Gasteiger partial charge on any atom is -0.493 e. The van der Waals surface area contributed by atoms with Gasteiger partial charge in [0, 0.05) is 11.6 Å². The lowest BCUT2D eigenvalue weighted by atomic mass is 10.1. The van der Waals surface area contributed by atoms with E-state index in [0.29, 0.717) is 36.2 Å². The first-order chi connectivity index (χ1) is 8.13. The molecule has 1 rings (SSSR count). The van der Waals surface area contributed by atoms with Crippen molar-refractivity contribution in [2.75, 3.05) is 13.2 Å². The molecule has 1 N–H and O–H groups in total. The third-order valence-electron chi connectivity index (χ3n) is 2.41. The van der Waals surface area contributed by atoms with E-state index in [-0.39, 0.29) is 0 Å². The summed E-state index contributed by atoms with van der Waals surface area (Å²) < 4.78 is 10.9. The van der Waals surface area contributed by atoms with Gasteiger partial charge in [-0.1, -0.05) is 18.5 Å². The van der Waals surface area contributed by atoms with Gasteiger partial charge in [-0.25, -0.2) is 0 Å². The Hall–Kier alpha value is -0.930. The van der Waals surface area contributed by atoms with Crippen molar-refractivity contribution in [1.29, 1.82) is 0 Å². The lowest BCUT2D eigenvalue weighted by molar-refractivity contribution is 0.167. The van der Waals surface area contributed by atoms with Crippen molar-refractivity contribution in [3.63, 3.8) is 0 Å². The van der Waals surface area contributed by atoms with Gasteiger partial charge in [-0.05, 0) is 26.3 Å². The Morgan fingerprint density at radius 3 is 2.24 bits per heavy atom. The van der Waals surface area contributed by atoms with Crippen LogP contribution >= 0.6 is 11.6 Å². The minimum atomic E-state index is -0.562. The largest absolute Gasteiger partial charge is 0.493 e. The summed E-state index contributed by atoms with van der Waals surface area (Å²) in [5.41, 5.74) is 0.724. The Morgan fingerprint density at radius 1 is 1.12 bits per heavy atom. The highest BCUT2D eigenvalue weighted by atomic mass is 35.5. The molecule has 0 aliphatic carbocycles. The zero-order valence-electron chi connectivity index (χ0n) is 10.5. The molecule has 1 unspecified atom stereocenters. The van der Waals surface area contributed by atoms with Crippen LogP contribution in [0.5, 0.6) is 11.5 Å². The molecule has 0 bridgehead atoms. The van der Waals surface area contributed by atoms with Gasteiger partial charge in [0.1, 0.15) is 11.5 Å². The van der Waals surface area contributed by atoms with Gasteiger partial charge < -0.3 is 14.6 Å². The average Bonchev–Trinajstić information content (AvgIpc) is 2.32. The molecule has 4 heteroatoms. The van der Waals surface area contributed by atoms with Crippen LogP contribution in [0.1, 0.15) is 38.9 Å². The highest BCUT2D eigenvalue weighted by Gasteiger charge is 2.16. The maximum atomic E-state index is 9.94. The molecular weight excluding hydrogens is 240 g/mol. The lowest BCUT2D eigenvalue weighted by Crippen LogP contribution is -2.03. The van der Waals surface area contributed by atoms with E-state index in [4.69, 9.17) is 21.1 Å². The molecule has 0 aliphatic heterocycles. The molecule has 1 aromatic carbocycles. The maximum Gasteiger partial charge on any atom is 0.138 e. The van der Waals surface area contributed by atoms with E-state index in [1.165, 1.54) is 0 Å². The van der Waals surface area contributed by atoms with Crippen molar-refractivity contribution in [2.24, 2.45) is 0 Å². The van der Waals surface area contributed by atoms with Crippen molar-refractivity contribution in [2.45, 2.75) is 33.3 Å². The molecule has 0 aromatic heterocycles. The molecule has 1 atom stereocenters. The molecule has 0 aliphatic rings. The smallest absolute Gasteiger partial charge is 0.138 e. The zero-order chi connectivity index (χ0) is 12.8. The third kappa shape index (κ3) is 3.51. The molecule has 0 saturated carbocycles. The fraction of sp³-hybridized carbons (Fsp3) is 0.538. The summed E-state index contributed by atoms with van der Waals surface area (Å²) in [6.45, 7) is 6.77. The number of rotatable bonds is 6. The Morgan fingerprint density at radius 2 is 1.71 bits per heavy atom. The van der Waals surface area contributed by atoms with E-state index >= 15 is 0 Å². The summed E-state index contributed by atoms with van der Waals surface area (Å²) in [5, 5.41) is 10.4. The van der Waals surface area contributed by atoms with Crippen molar-refractivity contribution in [3.05, 3.63) is 22.7 Å². The molecule has 0 radical (unpaired) electrons. The van der Waals surface area contributed by atoms with Crippen molar-refractivity contribution in [3.8, 4) is 11.5 Å². The van der Waals surface area contributed by atoms with Crippen LogP contribution in [0.15, 0.2) is 12.1 Å². The van der Waals surface area contributed by atoms with E-state index < -0.39 is 6.10 Å². The molecule has 0 spiro atoms. The van der Waals surface area contributed by atoms with E-state index in [1.807, 2.05) is 20.8 Å². The second-order valence-electron chi connectivity index (χ2n) is 3.61. The Kier molecular flexibility index (Phi) is 5.59. The first kappa shape index (κ1) is 14.1. The van der Waals surface area contributed by atoms with Crippen molar-refractivity contribution < 1.29 is 14.6 Å². The second kappa shape index (κ2) is 6.72. The normalized spacial score (nSPS) is 12.3. The van der Waals surface area contributed by atoms with E-state index in [9.17, 15) is 5.11 Å². The van der Waals surface area contributed by atoms with Crippen LogP contribution in [0.25, 0.3) is 0 Å². The Bertz CT molecular complexity index is 366. The number of hydrogen-bond acceptors (Lipinski definition) is 3. The maximum absolute atomic E-state index is 9.94. The van der Waals surface area contributed by atoms with Gasteiger partial charge in [-0.3, -0.25) is 0 Å². The molecule has 17 heavy (non-hydrogen) atoms. The summed E-state index contributed by atoms with van der Waals surface area (Å²) >= 11 is 6.08. The molecule has 1 aromatic rings. The fourth-order valence-electron chi connectivity index (χ4n) is 1.58. The van der Waals surface area contributed by atoms with Crippen molar-refractivity contribution in [1.82, 2.24) is 0 Å². The summed E-state index contributed by atoms with van der Waals surface area (Å²) in [6, 6.07) is 3.45. The van der Waals surface area contributed by atoms with Gasteiger partial charge in [0.15, 0.2) is 0 Å². The van der Waals surface area contributed by atoms with Crippen LogP contribution in [-0.2, 0) is 0 Å². The summed E-state index contributed by atoms with van der Waals surface area (Å²) in [6.07, 6.45) is 0.0563. The van der Waals surface area contributed by atoms with Gasteiger partial charge in [-0.15, -0.1) is 0 Å². The van der Waals surface area contributed by atoms with E-state index in [0.717, 1.165) is 5.56 Å². The SMILES string of the molecule is CCOc1cc(C(O)CC)c(OCC)cc1Cl. The monoisotopic (exact) mass is 258 g/mol. The number of aliphatic hydroxyl groups is 1. The summed E-state index contributed by atoms with van der Waals surface area (Å²) in [4.78, 5) is 0. The molecular formula is C13H19ClO3. The standard InChI is InChI=1S/C13H19ClO3/c1-4-11(15)9-7-13(17-6-3)10(14)8-12(9)16-5-2/h7-8,11,15H,4-6H2,1-3H3. The minimum absolute atomic E-state index is 0.502. The second-order valence-corrected chi connectivity index (χ2v) is 4.02. The first-order valence-corrected chi connectivity index (χ1v) is 6.28. The highest BCUT2D eigenvalue weighted by Crippen LogP contribution is 2.36. The topological polar surface area (TPSA) is 38.7 Å². The predicted octanol–water partition coefficient (Wildman–Crippen LogP) is 3.58. The van der Waals surface area contributed by atoms with Crippen molar-refractivity contribution >= 4 is 11.6 Å². The summed E-state index contributed by atoms with van der Waals surface area (Å²) in [7, 11) is 0. The van der Waals surface area contributed by atoms with Crippen LogP contribution in [0.4, 0.5) is 0 Å². The zero-order valence-corrected chi connectivity index (χ0v) is 11.3. The van der Waals surface area contributed by atoms with Crippen LogP contribution in [0.3, 0.4) is 0 Å². The van der Waals surface area contributed by atoms with E-state index in [1.54, 1.807) is 12.1 Å². The Labute approximate surface area is 107 Å². The fourth-order valence-corrected chi connectivity index (χ4v) is 1.79. The molecule has 96 valence electrons. The number of hydrogen-bond donors (Lipinski definition) is 1. The molecule has 0 fully saturated rings. The van der Waals surface area contributed by atoms with Gasteiger partial charge >= 0.3 is 0 Å². The number of aliphatic hydroxyl groups excluding tert-OH is 1. The predicted molar refractivity (Wildman–Crippen MR) is 69.0 cm³/mol. The number of ether oxygens (including phenoxy) is 2. The third-order valence-corrected chi connectivity index (χ3v) is 2.71. The molecule has 0 saturated heterocycles. The van der Waals surface area contributed by atoms with Crippen LogP contribution in [0.2, 0.25) is 5.02 Å². The molecule has 3 nitrogen and oxygen atoms in total. The molecule has 0 amide bonds. The quantitative estimate of drug-likeness (QED) is 0.848. The van der Waals surface area contributed by atoms with Crippen LogP contribution in [-0.4, -0.2) is 18.3 Å². The van der Waals surface area contributed by atoms with E-state index in [2.05, 4.69) is 0 Å². The Balaban J connectivity index is 3.16. The molecule has 0 heterocycles. The van der Waals surface area contributed by atoms with Crippen LogP contribution in [0, 0.1) is 0 Å². The highest BCUT2D eigenvalue weighted by molar-refractivity contribution is 6.32.